The highest BCUT2D eigenvalue weighted by atomic mass is 16.2. The van der Waals surface area contributed by atoms with Gasteiger partial charge in [0, 0.05) is 6.04 Å². The first-order valence-electron chi connectivity index (χ1n) is 6.76. The Balaban J connectivity index is 1.83. The minimum atomic E-state index is 0.0355. The highest BCUT2D eigenvalue weighted by molar-refractivity contribution is 5.83. The number of carbonyl (C=O) groups is 1. The molecule has 3 nitrogen and oxygen atoms in total. The van der Waals surface area contributed by atoms with Crippen molar-refractivity contribution in [2.24, 2.45) is 5.92 Å². The van der Waals surface area contributed by atoms with Gasteiger partial charge in [-0.25, -0.2) is 0 Å². The van der Waals surface area contributed by atoms with E-state index in [4.69, 9.17) is 0 Å². The monoisotopic (exact) mass is 224 g/mol. The van der Waals surface area contributed by atoms with E-state index in [1.165, 1.54) is 38.5 Å². The number of nitrogens with one attached hydrogen (secondary N) is 1. The Morgan fingerprint density at radius 1 is 1.31 bits per heavy atom. The summed E-state index contributed by atoms with van der Waals surface area (Å²) in [7, 11) is 0. The molecule has 1 aliphatic heterocycles. The maximum absolute atomic E-state index is 11.9. The highest BCUT2D eigenvalue weighted by Gasteiger charge is 2.34. The molecule has 1 saturated carbocycles. The summed E-state index contributed by atoms with van der Waals surface area (Å²) < 4.78 is 0. The minimum absolute atomic E-state index is 0.0355. The zero-order valence-corrected chi connectivity index (χ0v) is 10.5. The first-order valence-corrected chi connectivity index (χ1v) is 6.76. The smallest absolute Gasteiger partial charge is 0.240 e. The van der Waals surface area contributed by atoms with Crippen LogP contribution in [0.4, 0.5) is 0 Å². The zero-order valence-electron chi connectivity index (χ0n) is 10.5. The van der Waals surface area contributed by atoms with Crippen LogP contribution in [0.5, 0.6) is 0 Å². The van der Waals surface area contributed by atoms with E-state index in [0.717, 1.165) is 12.6 Å². The van der Waals surface area contributed by atoms with Crippen molar-refractivity contribution in [2.75, 3.05) is 6.67 Å². The van der Waals surface area contributed by atoms with Crippen LogP contribution in [-0.2, 0) is 4.79 Å². The molecule has 1 unspecified atom stereocenters. The quantitative estimate of drug-likeness (QED) is 0.796. The molecule has 0 bridgehead atoms. The van der Waals surface area contributed by atoms with E-state index >= 15 is 0 Å². The standard InChI is InChI=1S/C13H24N2O/c1-3-4-11-5-7-12(8-6-11)15-9-14-10(2)13(15)16/h10-12,14H,3-9H2,1-2H3. The van der Waals surface area contributed by atoms with Gasteiger partial charge in [0.1, 0.15) is 0 Å². The van der Waals surface area contributed by atoms with Gasteiger partial charge >= 0.3 is 0 Å². The molecular weight excluding hydrogens is 200 g/mol. The van der Waals surface area contributed by atoms with Crippen LogP contribution in [0, 0.1) is 5.92 Å². The number of carbonyl (C=O) groups excluding carboxylic acids is 1. The maximum Gasteiger partial charge on any atom is 0.240 e. The normalized spacial score (nSPS) is 35.8. The number of amides is 1. The van der Waals surface area contributed by atoms with Crippen molar-refractivity contribution in [1.82, 2.24) is 10.2 Å². The molecule has 1 saturated heterocycles. The average Bonchev–Trinajstić information content (AvgIpc) is 2.62. The fourth-order valence-corrected chi connectivity index (χ4v) is 3.11. The molecule has 0 spiro atoms. The van der Waals surface area contributed by atoms with Crippen LogP contribution in [0.2, 0.25) is 0 Å². The van der Waals surface area contributed by atoms with Crippen LogP contribution in [0.1, 0.15) is 52.4 Å². The van der Waals surface area contributed by atoms with E-state index in [1.807, 2.05) is 6.92 Å². The van der Waals surface area contributed by atoms with Gasteiger partial charge in [-0.2, -0.15) is 0 Å². The van der Waals surface area contributed by atoms with Gasteiger partial charge in [0.25, 0.3) is 0 Å². The third-order valence-corrected chi connectivity index (χ3v) is 4.18. The van der Waals surface area contributed by atoms with Gasteiger partial charge in [0.05, 0.1) is 12.7 Å². The fourth-order valence-electron chi connectivity index (χ4n) is 3.11. The van der Waals surface area contributed by atoms with Gasteiger partial charge in [-0.3, -0.25) is 10.1 Å². The average molecular weight is 224 g/mol. The van der Waals surface area contributed by atoms with Crippen LogP contribution in [0.3, 0.4) is 0 Å². The summed E-state index contributed by atoms with van der Waals surface area (Å²) >= 11 is 0. The summed E-state index contributed by atoms with van der Waals surface area (Å²) in [6.45, 7) is 5.00. The summed E-state index contributed by atoms with van der Waals surface area (Å²) in [4.78, 5) is 13.9. The van der Waals surface area contributed by atoms with Crippen molar-refractivity contribution in [2.45, 2.75) is 64.5 Å². The van der Waals surface area contributed by atoms with Gasteiger partial charge in [0.15, 0.2) is 0 Å². The van der Waals surface area contributed by atoms with Gasteiger partial charge < -0.3 is 4.90 Å². The van der Waals surface area contributed by atoms with Crippen LogP contribution < -0.4 is 5.32 Å². The van der Waals surface area contributed by atoms with Crippen LogP contribution in [-0.4, -0.2) is 29.6 Å². The lowest BCUT2D eigenvalue weighted by atomic mass is 9.83. The lowest BCUT2D eigenvalue weighted by molar-refractivity contribution is -0.131. The second-order valence-electron chi connectivity index (χ2n) is 5.36. The SMILES string of the molecule is CCCC1CCC(N2CNC(C)C2=O)CC1. The first kappa shape index (κ1) is 11.9. The summed E-state index contributed by atoms with van der Waals surface area (Å²) in [5, 5.41) is 3.23. The Morgan fingerprint density at radius 2 is 2.00 bits per heavy atom. The predicted molar refractivity (Wildman–Crippen MR) is 65.0 cm³/mol. The zero-order chi connectivity index (χ0) is 11.5. The Hall–Kier alpha value is -0.570. The number of hydrogen-bond donors (Lipinski definition) is 1. The van der Waals surface area contributed by atoms with E-state index in [-0.39, 0.29) is 6.04 Å². The van der Waals surface area contributed by atoms with Crippen molar-refractivity contribution in [3.05, 3.63) is 0 Å². The van der Waals surface area contributed by atoms with E-state index in [1.54, 1.807) is 0 Å². The summed E-state index contributed by atoms with van der Waals surface area (Å²) in [6, 6.07) is 0.548. The minimum Gasteiger partial charge on any atom is -0.326 e. The Bertz CT molecular complexity index is 246. The van der Waals surface area contributed by atoms with Crippen molar-refractivity contribution < 1.29 is 4.79 Å². The molecule has 1 aliphatic carbocycles. The van der Waals surface area contributed by atoms with E-state index in [0.29, 0.717) is 11.9 Å². The Labute approximate surface area is 98.6 Å². The van der Waals surface area contributed by atoms with Gasteiger partial charge in [-0.1, -0.05) is 19.8 Å². The molecule has 0 aromatic rings. The highest BCUT2D eigenvalue weighted by Crippen LogP contribution is 2.31. The molecule has 2 fully saturated rings. The van der Waals surface area contributed by atoms with Gasteiger partial charge in [-0.15, -0.1) is 0 Å². The van der Waals surface area contributed by atoms with Gasteiger partial charge in [-0.05, 0) is 38.5 Å². The Kier molecular flexibility index (Phi) is 3.85. The second-order valence-corrected chi connectivity index (χ2v) is 5.36. The van der Waals surface area contributed by atoms with Crippen molar-refractivity contribution >= 4 is 5.91 Å². The van der Waals surface area contributed by atoms with Crippen LogP contribution in [0.15, 0.2) is 0 Å². The molecule has 1 N–H and O–H groups in total. The number of hydrogen-bond acceptors (Lipinski definition) is 2. The molecule has 2 aliphatic rings. The molecule has 0 aromatic heterocycles. The predicted octanol–water partition coefficient (Wildman–Crippen LogP) is 2.12. The Morgan fingerprint density at radius 3 is 2.50 bits per heavy atom. The van der Waals surface area contributed by atoms with Gasteiger partial charge in [0.2, 0.25) is 5.91 Å². The second kappa shape index (κ2) is 5.17. The fraction of sp³-hybridized carbons (Fsp3) is 0.923. The summed E-state index contributed by atoms with van der Waals surface area (Å²) in [5.74, 6) is 1.23. The summed E-state index contributed by atoms with van der Waals surface area (Å²) in [5.41, 5.74) is 0. The molecule has 1 heterocycles. The molecule has 1 amide bonds. The summed E-state index contributed by atoms with van der Waals surface area (Å²) in [6.07, 6.45) is 7.73. The molecule has 92 valence electrons. The largest absolute Gasteiger partial charge is 0.326 e. The molecule has 0 radical (unpaired) electrons. The first-order chi connectivity index (χ1) is 7.72. The molecule has 0 aromatic carbocycles. The number of nitrogens with zero attached hydrogens (tertiary/aromatic N) is 1. The number of rotatable bonds is 3. The van der Waals surface area contributed by atoms with Crippen molar-refractivity contribution in [3.63, 3.8) is 0 Å². The lowest BCUT2D eigenvalue weighted by Crippen LogP contribution is -2.40. The molecule has 1 atom stereocenters. The van der Waals surface area contributed by atoms with Crippen molar-refractivity contribution in [1.29, 1.82) is 0 Å². The maximum atomic E-state index is 11.9. The van der Waals surface area contributed by atoms with Crippen molar-refractivity contribution in [3.8, 4) is 0 Å². The molecule has 3 heteroatoms. The third-order valence-electron chi connectivity index (χ3n) is 4.18. The molecule has 16 heavy (non-hydrogen) atoms. The van der Waals surface area contributed by atoms with E-state index in [2.05, 4.69) is 17.1 Å². The third kappa shape index (κ3) is 2.40. The van der Waals surface area contributed by atoms with E-state index in [9.17, 15) is 4.79 Å². The van der Waals surface area contributed by atoms with Crippen LogP contribution in [0.25, 0.3) is 0 Å². The topological polar surface area (TPSA) is 32.3 Å². The lowest BCUT2D eigenvalue weighted by Gasteiger charge is -2.34. The molecule has 2 rings (SSSR count). The van der Waals surface area contributed by atoms with Crippen LogP contribution >= 0.6 is 0 Å². The molecular formula is C13H24N2O. The van der Waals surface area contributed by atoms with E-state index < -0.39 is 0 Å².